The number of nitriles is 1. The Morgan fingerprint density at radius 3 is 2.50 bits per heavy atom. The number of amides is 3. The number of nitrogens with zero attached hydrogens (tertiary/aromatic N) is 3. The number of carbonyl (C=O) groups excluding carboxylic acids is 3. The van der Waals surface area contributed by atoms with Crippen LogP contribution in [0.1, 0.15) is 42.6 Å². The molecule has 3 amide bonds. The summed E-state index contributed by atoms with van der Waals surface area (Å²) in [5.74, 6) is -0.716. The van der Waals surface area contributed by atoms with Crippen molar-refractivity contribution in [2.24, 2.45) is 5.92 Å². The van der Waals surface area contributed by atoms with Crippen molar-refractivity contribution >= 4 is 35.0 Å². The van der Waals surface area contributed by atoms with Crippen LogP contribution in [0.3, 0.4) is 0 Å². The second-order valence-electron chi connectivity index (χ2n) is 11.0. The molecule has 5 rings (SSSR count). The average Bonchev–Trinajstić information content (AvgIpc) is 3.48. The zero-order valence-corrected chi connectivity index (χ0v) is 23.5. The fraction of sp³-hybridized carbons (Fsp3) is 0.312. The van der Waals surface area contributed by atoms with E-state index >= 15 is 0 Å². The van der Waals surface area contributed by atoms with Gasteiger partial charge in [-0.25, -0.2) is 0 Å². The Balaban J connectivity index is 1.44. The maximum absolute atomic E-state index is 14.1. The molecule has 2 aliphatic heterocycles. The molecule has 0 saturated carbocycles. The molecule has 0 aliphatic carbocycles. The van der Waals surface area contributed by atoms with Crippen molar-refractivity contribution in [3.05, 3.63) is 88.9 Å². The number of likely N-dealkylation sites (tertiary alicyclic amines) is 1. The maximum atomic E-state index is 14.1. The van der Waals surface area contributed by atoms with Crippen LogP contribution in [-0.4, -0.2) is 53.2 Å². The molecule has 1 spiro atoms. The number of hydrogen-bond acceptors (Lipinski definition) is 4. The second kappa shape index (κ2) is 10.8. The molecule has 0 unspecified atom stereocenters. The predicted molar refractivity (Wildman–Crippen MR) is 155 cm³/mol. The van der Waals surface area contributed by atoms with Gasteiger partial charge in [0, 0.05) is 36.3 Å². The Morgan fingerprint density at radius 2 is 1.80 bits per heavy atom. The zero-order valence-electron chi connectivity index (χ0n) is 22.7. The number of para-hydroxylation sites is 1. The lowest BCUT2D eigenvalue weighted by atomic mass is 9.80. The van der Waals surface area contributed by atoms with E-state index in [4.69, 9.17) is 11.6 Å². The number of anilines is 1. The Hall–Kier alpha value is -4.15. The summed E-state index contributed by atoms with van der Waals surface area (Å²) in [4.78, 5) is 44.1. The van der Waals surface area contributed by atoms with Crippen LogP contribution in [0.5, 0.6) is 0 Å². The van der Waals surface area contributed by atoms with E-state index in [0.717, 1.165) is 16.7 Å². The minimum Gasteiger partial charge on any atom is -0.330 e. The molecule has 0 radical (unpaired) electrons. The van der Waals surface area contributed by atoms with E-state index in [1.54, 1.807) is 25.2 Å². The van der Waals surface area contributed by atoms with Crippen LogP contribution in [0.15, 0.2) is 72.8 Å². The highest BCUT2D eigenvalue weighted by Crippen LogP contribution is 2.46. The summed E-state index contributed by atoms with van der Waals surface area (Å²) in [6, 6.07) is 22.7. The van der Waals surface area contributed by atoms with Gasteiger partial charge in [0.2, 0.25) is 11.8 Å². The van der Waals surface area contributed by atoms with Crippen LogP contribution in [-0.2, 0) is 15.0 Å². The number of rotatable bonds is 6. The zero-order chi connectivity index (χ0) is 28.6. The van der Waals surface area contributed by atoms with Gasteiger partial charge >= 0.3 is 0 Å². The minimum atomic E-state index is -0.983. The second-order valence-corrected chi connectivity index (χ2v) is 11.5. The molecule has 3 atom stereocenters. The van der Waals surface area contributed by atoms with Crippen molar-refractivity contribution in [1.82, 2.24) is 9.80 Å². The number of likely N-dealkylation sites (N-methyl/N-ethyl adjacent to an activating group) is 1. The quantitative estimate of drug-likeness (QED) is 0.435. The summed E-state index contributed by atoms with van der Waals surface area (Å²) < 4.78 is 0. The van der Waals surface area contributed by atoms with E-state index in [2.05, 4.69) is 11.4 Å². The molecule has 2 aliphatic rings. The van der Waals surface area contributed by atoms with Gasteiger partial charge in [-0.2, -0.15) is 5.26 Å². The molecule has 1 saturated heterocycles. The first-order chi connectivity index (χ1) is 19.1. The predicted octanol–water partition coefficient (Wildman–Crippen LogP) is 5.51. The Kier molecular flexibility index (Phi) is 7.39. The summed E-state index contributed by atoms with van der Waals surface area (Å²) in [5, 5.41) is 13.6. The first-order valence-electron chi connectivity index (χ1n) is 13.4. The van der Waals surface area contributed by atoms with Crippen molar-refractivity contribution in [2.75, 3.05) is 18.9 Å². The molecule has 0 aromatic heterocycles. The van der Waals surface area contributed by atoms with Gasteiger partial charge in [-0.1, -0.05) is 67.9 Å². The fourth-order valence-electron chi connectivity index (χ4n) is 5.89. The van der Waals surface area contributed by atoms with Crippen LogP contribution in [0.25, 0.3) is 11.1 Å². The highest BCUT2D eigenvalue weighted by atomic mass is 35.5. The van der Waals surface area contributed by atoms with Gasteiger partial charge < -0.3 is 15.1 Å². The van der Waals surface area contributed by atoms with E-state index in [0.29, 0.717) is 22.7 Å². The first kappa shape index (κ1) is 27.4. The first-order valence-corrected chi connectivity index (χ1v) is 13.8. The van der Waals surface area contributed by atoms with Crippen LogP contribution >= 0.6 is 11.6 Å². The molecule has 1 N–H and O–H groups in total. The number of hydrogen-bond donors (Lipinski definition) is 1. The van der Waals surface area contributed by atoms with E-state index in [1.165, 1.54) is 9.80 Å². The van der Waals surface area contributed by atoms with Crippen molar-refractivity contribution in [2.45, 2.75) is 44.2 Å². The molecular weight excluding hydrogens is 524 g/mol. The highest BCUT2D eigenvalue weighted by Gasteiger charge is 2.56. The van der Waals surface area contributed by atoms with E-state index in [-0.39, 0.29) is 36.6 Å². The molecule has 40 heavy (non-hydrogen) atoms. The van der Waals surface area contributed by atoms with Gasteiger partial charge in [0.05, 0.1) is 11.5 Å². The SMILES string of the molecule is CC(C)C[C@@H](C(=O)N1C[C@]2(C[C@H]1C#N)C(=O)Nc1ccccc12)N(C)C(=O)c1cccc(-c2cccc(Cl)c2)c1. The maximum Gasteiger partial charge on any atom is 0.254 e. The molecule has 8 heteroatoms. The lowest BCUT2D eigenvalue weighted by Gasteiger charge is -2.33. The Labute approximate surface area is 239 Å². The molecule has 3 aromatic carbocycles. The summed E-state index contributed by atoms with van der Waals surface area (Å²) in [7, 11) is 1.63. The van der Waals surface area contributed by atoms with Gasteiger partial charge in [0.1, 0.15) is 12.1 Å². The standard InChI is InChI=1S/C32H31ClN4O3/c1-20(2)14-28(36(3)29(38)23-10-6-8-21(15-23)22-9-7-11-24(33)16-22)30(39)37-19-32(17-25(37)18-34)26-12-4-5-13-27(26)35-31(32)40/h4-13,15-16,20,25,28H,14,17,19H2,1-3H3,(H,35,40)/t25-,28-,32-/m0/s1. The van der Waals surface area contributed by atoms with Gasteiger partial charge in [-0.15, -0.1) is 0 Å². The molecular formula is C32H31ClN4O3. The molecule has 3 aromatic rings. The minimum absolute atomic E-state index is 0.0911. The lowest BCUT2D eigenvalue weighted by Crippen LogP contribution is -2.52. The third-order valence-corrected chi connectivity index (χ3v) is 8.19. The third kappa shape index (κ3) is 4.84. The van der Waals surface area contributed by atoms with Crippen LogP contribution in [0, 0.1) is 17.2 Å². The van der Waals surface area contributed by atoms with Crippen molar-refractivity contribution in [1.29, 1.82) is 5.26 Å². The van der Waals surface area contributed by atoms with Gasteiger partial charge in [0.25, 0.3) is 5.91 Å². The number of benzene rings is 3. The molecule has 0 bridgehead atoms. The number of fused-ring (bicyclic) bond motifs is 2. The highest BCUT2D eigenvalue weighted by molar-refractivity contribution is 6.30. The molecule has 1 fully saturated rings. The Bertz CT molecular complexity index is 1530. The van der Waals surface area contributed by atoms with Crippen LogP contribution in [0.4, 0.5) is 5.69 Å². The van der Waals surface area contributed by atoms with Gasteiger partial charge in [-0.05, 0) is 59.4 Å². The largest absolute Gasteiger partial charge is 0.330 e. The van der Waals surface area contributed by atoms with Gasteiger partial charge in [-0.3, -0.25) is 14.4 Å². The Morgan fingerprint density at radius 1 is 1.10 bits per heavy atom. The summed E-state index contributed by atoms with van der Waals surface area (Å²) in [5.41, 5.74) is 2.70. The van der Waals surface area contributed by atoms with Gasteiger partial charge in [0.15, 0.2) is 0 Å². The van der Waals surface area contributed by atoms with Crippen LogP contribution < -0.4 is 5.32 Å². The monoisotopic (exact) mass is 554 g/mol. The van der Waals surface area contributed by atoms with Crippen LogP contribution in [0.2, 0.25) is 5.02 Å². The molecule has 204 valence electrons. The number of halogens is 1. The lowest BCUT2D eigenvalue weighted by molar-refractivity contribution is -0.136. The van der Waals surface area contributed by atoms with Crippen molar-refractivity contribution in [3.63, 3.8) is 0 Å². The average molecular weight is 555 g/mol. The normalized spacial score (nSPS) is 20.2. The summed E-state index contributed by atoms with van der Waals surface area (Å²) in [6.07, 6.45) is 0.630. The van der Waals surface area contributed by atoms with E-state index < -0.39 is 17.5 Å². The van der Waals surface area contributed by atoms with Crippen molar-refractivity contribution < 1.29 is 14.4 Å². The topological polar surface area (TPSA) is 93.5 Å². The molecule has 2 heterocycles. The number of carbonyl (C=O) groups is 3. The molecule has 7 nitrogen and oxygen atoms in total. The number of nitrogens with one attached hydrogen (secondary N) is 1. The summed E-state index contributed by atoms with van der Waals surface area (Å²) in [6.45, 7) is 4.08. The van der Waals surface area contributed by atoms with E-state index in [9.17, 15) is 19.6 Å². The summed E-state index contributed by atoms with van der Waals surface area (Å²) >= 11 is 6.17. The fourth-order valence-corrected chi connectivity index (χ4v) is 6.08. The van der Waals surface area contributed by atoms with E-state index in [1.807, 2.05) is 68.4 Å². The third-order valence-electron chi connectivity index (χ3n) is 7.95. The smallest absolute Gasteiger partial charge is 0.254 e. The van der Waals surface area contributed by atoms with Crippen molar-refractivity contribution in [3.8, 4) is 17.2 Å².